The van der Waals surface area contributed by atoms with E-state index in [-0.39, 0.29) is 17.5 Å². The van der Waals surface area contributed by atoms with Crippen molar-refractivity contribution in [1.82, 2.24) is 4.31 Å². The topological polar surface area (TPSA) is 66.8 Å². The summed E-state index contributed by atoms with van der Waals surface area (Å²) in [5.74, 6) is 0.528. The van der Waals surface area contributed by atoms with Crippen molar-refractivity contribution in [3.8, 4) is 5.75 Å². The molecule has 0 radical (unpaired) electrons. The molecule has 6 heteroatoms. The fraction of sp³-hybridized carbons (Fsp3) is 0.571. The van der Waals surface area contributed by atoms with E-state index in [1.807, 2.05) is 20.8 Å². The summed E-state index contributed by atoms with van der Waals surface area (Å²) in [7, 11) is -2.00. The van der Waals surface area contributed by atoms with Gasteiger partial charge in [0.2, 0.25) is 10.0 Å². The van der Waals surface area contributed by atoms with Crippen molar-refractivity contribution in [2.24, 2.45) is 0 Å². The molecule has 0 heterocycles. The zero-order chi connectivity index (χ0) is 15.3. The fourth-order valence-electron chi connectivity index (χ4n) is 1.64. The lowest BCUT2D eigenvalue weighted by atomic mass is 10.2. The van der Waals surface area contributed by atoms with Gasteiger partial charge in [-0.1, -0.05) is 6.92 Å². The number of hydrogen-bond donors (Lipinski definition) is 1. The molecule has 0 aliphatic carbocycles. The molecule has 0 saturated heterocycles. The Morgan fingerprint density at radius 1 is 1.35 bits per heavy atom. The minimum absolute atomic E-state index is 0.131. The zero-order valence-corrected chi connectivity index (χ0v) is 13.3. The largest absolute Gasteiger partial charge is 0.493 e. The predicted molar refractivity (Wildman–Crippen MR) is 78.2 cm³/mol. The van der Waals surface area contributed by atoms with Crippen molar-refractivity contribution in [2.75, 3.05) is 13.7 Å². The molecular weight excluding hydrogens is 278 g/mol. The number of aliphatic hydroxyl groups excluding tert-OH is 1. The van der Waals surface area contributed by atoms with Crippen LogP contribution in [0.4, 0.5) is 0 Å². The van der Waals surface area contributed by atoms with Crippen LogP contribution < -0.4 is 4.74 Å². The minimum Gasteiger partial charge on any atom is -0.493 e. The lowest BCUT2D eigenvalue weighted by molar-refractivity contribution is 0.262. The van der Waals surface area contributed by atoms with Gasteiger partial charge in [0.05, 0.1) is 18.1 Å². The van der Waals surface area contributed by atoms with Crippen LogP contribution in [0.2, 0.25) is 0 Å². The van der Waals surface area contributed by atoms with Crippen LogP contribution in [0.1, 0.15) is 32.8 Å². The van der Waals surface area contributed by atoms with Gasteiger partial charge in [0.15, 0.2) is 0 Å². The monoisotopic (exact) mass is 301 g/mol. The van der Waals surface area contributed by atoms with Gasteiger partial charge in [-0.25, -0.2) is 8.42 Å². The second-order valence-electron chi connectivity index (χ2n) is 4.89. The number of rotatable bonds is 7. The minimum atomic E-state index is -3.54. The third-order valence-corrected chi connectivity index (χ3v) is 5.10. The zero-order valence-electron chi connectivity index (χ0n) is 12.5. The van der Waals surface area contributed by atoms with E-state index in [0.29, 0.717) is 17.9 Å². The standard InChI is InChI=1S/C14H23NO4S/c1-5-8-19-14-7-6-13(9-12(14)10-16)20(17,18)15(4)11(2)3/h6-7,9,11,16H,5,8,10H2,1-4H3. The molecule has 0 bridgehead atoms. The molecular formula is C14H23NO4S. The number of ether oxygens (including phenoxy) is 1. The van der Waals surface area contributed by atoms with Crippen LogP contribution >= 0.6 is 0 Å². The molecule has 0 unspecified atom stereocenters. The quantitative estimate of drug-likeness (QED) is 0.836. The van der Waals surface area contributed by atoms with Gasteiger partial charge in [-0.05, 0) is 38.5 Å². The third-order valence-electron chi connectivity index (χ3n) is 3.07. The van der Waals surface area contributed by atoms with Gasteiger partial charge >= 0.3 is 0 Å². The third kappa shape index (κ3) is 3.71. The summed E-state index contributed by atoms with van der Waals surface area (Å²) in [6, 6.07) is 4.45. The lowest BCUT2D eigenvalue weighted by Gasteiger charge is -2.21. The molecule has 20 heavy (non-hydrogen) atoms. The van der Waals surface area contributed by atoms with Crippen LogP contribution in [0, 0.1) is 0 Å². The van der Waals surface area contributed by atoms with Gasteiger partial charge in [-0.3, -0.25) is 0 Å². The summed E-state index contributed by atoms with van der Waals surface area (Å²) in [6.45, 7) is 5.88. The number of aliphatic hydroxyl groups is 1. The highest BCUT2D eigenvalue weighted by atomic mass is 32.2. The van der Waals surface area contributed by atoms with Crippen molar-refractivity contribution < 1.29 is 18.3 Å². The molecule has 1 rings (SSSR count). The van der Waals surface area contributed by atoms with E-state index in [0.717, 1.165) is 6.42 Å². The summed E-state index contributed by atoms with van der Waals surface area (Å²) in [5, 5.41) is 9.37. The number of sulfonamides is 1. The first-order chi connectivity index (χ1) is 9.34. The molecule has 1 N–H and O–H groups in total. The summed E-state index contributed by atoms with van der Waals surface area (Å²) in [5.41, 5.74) is 0.483. The fourth-order valence-corrected chi connectivity index (χ4v) is 3.06. The van der Waals surface area contributed by atoms with Crippen LogP contribution in [-0.4, -0.2) is 37.5 Å². The van der Waals surface area contributed by atoms with Gasteiger partial charge in [0.25, 0.3) is 0 Å². The Hall–Kier alpha value is -1.11. The van der Waals surface area contributed by atoms with Gasteiger partial charge in [-0.2, -0.15) is 4.31 Å². The van der Waals surface area contributed by atoms with Gasteiger partial charge in [0.1, 0.15) is 5.75 Å². The highest BCUT2D eigenvalue weighted by molar-refractivity contribution is 7.89. The predicted octanol–water partition coefficient (Wildman–Crippen LogP) is 2.00. The van der Waals surface area contributed by atoms with Crippen LogP contribution in [0.5, 0.6) is 5.75 Å². The van der Waals surface area contributed by atoms with Crippen LogP contribution in [0.25, 0.3) is 0 Å². The molecule has 0 aliphatic heterocycles. The molecule has 0 saturated carbocycles. The van der Waals surface area contributed by atoms with Crippen molar-refractivity contribution in [3.63, 3.8) is 0 Å². The SMILES string of the molecule is CCCOc1ccc(S(=O)(=O)N(C)C(C)C)cc1CO. The second-order valence-corrected chi connectivity index (χ2v) is 6.89. The molecule has 114 valence electrons. The maximum absolute atomic E-state index is 12.4. The van der Waals surface area contributed by atoms with E-state index in [4.69, 9.17) is 4.74 Å². The van der Waals surface area contributed by atoms with Crippen molar-refractivity contribution >= 4 is 10.0 Å². The Morgan fingerprint density at radius 2 is 2.00 bits per heavy atom. The average Bonchev–Trinajstić information content (AvgIpc) is 2.43. The summed E-state index contributed by atoms with van der Waals surface area (Å²) in [4.78, 5) is 0.168. The van der Waals surface area contributed by atoms with Crippen molar-refractivity contribution in [2.45, 2.75) is 44.7 Å². The summed E-state index contributed by atoms with van der Waals surface area (Å²) in [6.07, 6.45) is 0.848. The van der Waals surface area contributed by atoms with Crippen LogP contribution in [0.3, 0.4) is 0 Å². The molecule has 5 nitrogen and oxygen atoms in total. The molecule has 0 amide bonds. The summed E-state index contributed by atoms with van der Waals surface area (Å²) < 4.78 is 31.5. The van der Waals surface area contributed by atoms with E-state index >= 15 is 0 Å². The average molecular weight is 301 g/mol. The Balaban J connectivity index is 3.15. The highest BCUT2D eigenvalue weighted by Crippen LogP contribution is 2.25. The smallest absolute Gasteiger partial charge is 0.243 e. The Morgan fingerprint density at radius 3 is 2.50 bits per heavy atom. The molecule has 0 atom stereocenters. The van der Waals surface area contributed by atoms with E-state index in [1.54, 1.807) is 13.1 Å². The maximum atomic E-state index is 12.4. The first kappa shape index (κ1) is 16.9. The number of benzene rings is 1. The Labute approximate surface area is 121 Å². The lowest BCUT2D eigenvalue weighted by Crippen LogP contribution is -2.33. The molecule has 0 aromatic heterocycles. The van der Waals surface area contributed by atoms with Gasteiger partial charge in [0, 0.05) is 18.7 Å². The summed E-state index contributed by atoms with van der Waals surface area (Å²) >= 11 is 0. The van der Waals surface area contributed by atoms with Crippen molar-refractivity contribution in [1.29, 1.82) is 0 Å². The van der Waals surface area contributed by atoms with E-state index in [2.05, 4.69) is 0 Å². The molecule has 0 fully saturated rings. The highest BCUT2D eigenvalue weighted by Gasteiger charge is 2.24. The molecule has 1 aromatic rings. The van der Waals surface area contributed by atoms with Crippen LogP contribution in [0.15, 0.2) is 23.1 Å². The van der Waals surface area contributed by atoms with E-state index in [9.17, 15) is 13.5 Å². The molecule has 0 spiro atoms. The Bertz CT molecular complexity index is 540. The maximum Gasteiger partial charge on any atom is 0.243 e. The Kier molecular flexibility index (Phi) is 5.98. The van der Waals surface area contributed by atoms with Crippen LogP contribution in [-0.2, 0) is 16.6 Å². The van der Waals surface area contributed by atoms with Gasteiger partial charge in [-0.15, -0.1) is 0 Å². The molecule has 1 aromatic carbocycles. The van der Waals surface area contributed by atoms with Gasteiger partial charge < -0.3 is 9.84 Å². The second kappa shape index (κ2) is 7.06. The van der Waals surface area contributed by atoms with E-state index < -0.39 is 10.0 Å². The van der Waals surface area contributed by atoms with Crippen molar-refractivity contribution in [3.05, 3.63) is 23.8 Å². The normalized spacial score (nSPS) is 12.2. The molecule has 0 aliphatic rings. The number of nitrogens with zero attached hydrogens (tertiary/aromatic N) is 1. The van der Waals surface area contributed by atoms with E-state index in [1.165, 1.54) is 16.4 Å². The first-order valence-corrected chi connectivity index (χ1v) is 8.13. The number of hydrogen-bond acceptors (Lipinski definition) is 4. The first-order valence-electron chi connectivity index (χ1n) is 6.69.